The van der Waals surface area contributed by atoms with Crippen molar-refractivity contribution < 1.29 is 22.1 Å². The maximum absolute atomic E-state index is 13.9. The molecule has 0 aliphatic rings. The predicted octanol–water partition coefficient (Wildman–Crippen LogP) is 5.61. The number of hydrogen-bond acceptors (Lipinski definition) is 7. The topological polar surface area (TPSA) is 98.4 Å². The van der Waals surface area contributed by atoms with E-state index in [2.05, 4.69) is 15.4 Å². The zero-order chi connectivity index (χ0) is 24.6. The van der Waals surface area contributed by atoms with Crippen molar-refractivity contribution >= 4 is 43.9 Å². The van der Waals surface area contributed by atoms with Gasteiger partial charge >= 0.3 is 0 Å². The normalized spacial score (nSPS) is 11.5. The van der Waals surface area contributed by atoms with Crippen LogP contribution in [-0.2, 0) is 10.0 Å². The molecule has 0 spiro atoms. The van der Waals surface area contributed by atoms with Crippen LogP contribution in [0, 0.1) is 5.82 Å². The minimum Gasteiger partial charge on any atom is -0.495 e. The van der Waals surface area contributed by atoms with Crippen molar-refractivity contribution in [2.24, 2.45) is 0 Å². The highest BCUT2D eigenvalue weighted by atomic mass is 35.5. The third-order valence-electron chi connectivity index (χ3n) is 5.31. The second-order valence-corrected chi connectivity index (χ2v) is 9.62. The summed E-state index contributed by atoms with van der Waals surface area (Å²) < 4.78 is 53.1. The van der Waals surface area contributed by atoms with Crippen molar-refractivity contribution in [3.63, 3.8) is 0 Å². The largest absolute Gasteiger partial charge is 0.495 e. The van der Waals surface area contributed by atoms with E-state index in [1.54, 1.807) is 24.3 Å². The number of nitrogens with zero attached hydrogens (tertiary/aromatic N) is 4. The minimum atomic E-state index is -4.24. The van der Waals surface area contributed by atoms with Gasteiger partial charge in [0.15, 0.2) is 5.82 Å². The first-order valence-corrected chi connectivity index (χ1v) is 12.0. The SMILES string of the molecule is COc1cc(-c2cccc(F)c2)c(Cl)cc1N(c1ccon1)S(=O)(=O)c1ccc2cnncc2c1. The molecule has 35 heavy (non-hydrogen) atoms. The van der Waals surface area contributed by atoms with Crippen molar-refractivity contribution in [2.75, 3.05) is 11.4 Å². The Hall–Kier alpha value is -4.02. The van der Waals surface area contributed by atoms with Crippen LogP contribution < -0.4 is 9.04 Å². The van der Waals surface area contributed by atoms with Gasteiger partial charge in [0.25, 0.3) is 10.0 Å². The lowest BCUT2D eigenvalue weighted by molar-refractivity contribution is 0.414. The summed E-state index contributed by atoms with van der Waals surface area (Å²) in [5.41, 5.74) is 1.07. The Morgan fingerprint density at radius 2 is 1.80 bits per heavy atom. The Morgan fingerprint density at radius 1 is 1.00 bits per heavy atom. The van der Waals surface area contributed by atoms with Gasteiger partial charge in [-0.1, -0.05) is 35.0 Å². The molecular weight excluding hydrogens is 495 g/mol. The van der Waals surface area contributed by atoms with Crippen molar-refractivity contribution in [1.29, 1.82) is 0 Å². The van der Waals surface area contributed by atoms with E-state index in [-0.39, 0.29) is 27.2 Å². The molecule has 0 unspecified atom stereocenters. The smallest absolute Gasteiger partial charge is 0.270 e. The molecule has 2 aromatic heterocycles. The Bertz CT molecular complexity index is 1650. The summed E-state index contributed by atoms with van der Waals surface area (Å²) >= 11 is 6.57. The summed E-state index contributed by atoms with van der Waals surface area (Å²) in [6.07, 6.45) is 4.26. The molecule has 0 bridgehead atoms. The van der Waals surface area contributed by atoms with E-state index in [1.807, 2.05) is 0 Å². The fourth-order valence-corrected chi connectivity index (χ4v) is 5.40. The van der Waals surface area contributed by atoms with Crippen LogP contribution in [0.3, 0.4) is 0 Å². The lowest BCUT2D eigenvalue weighted by Crippen LogP contribution is -2.27. The van der Waals surface area contributed by atoms with Crippen molar-refractivity contribution in [3.8, 4) is 16.9 Å². The lowest BCUT2D eigenvalue weighted by Gasteiger charge is -2.24. The number of ether oxygens (including phenoxy) is 1. The zero-order valence-electron chi connectivity index (χ0n) is 18.1. The highest BCUT2D eigenvalue weighted by Gasteiger charge is 2.32. The van der Waals surface area contributed by atoms with Crippen LogP contribution in [0.2, 0.25) is 5.02 Å². The van der Waals surface area contributed by atoms with E-state index >= 15 is 0 Å². The first-order valence-electron chi connectivity index (χ1n) is 10.2. The molecule has 3 aromatic carbocycles. The average molecular weight is 511 g/mol. The van der Waals surface area contributed by atoms with Crippen molar-refractivity contribution in [2.45, 2.75) is 4.90 Å². The standard InChI is InChI=1S/C24H16ClFN4O4S/c1-33-23-11-20(15-3-2-4-18(26)9-15)21(25)12-22(23)30(24-7-8-34-29-24)35(31,32)19-6-5-16-13-27-28-14-17(16)10-19/h2-14H,1H3. The second kappa shape index (κ2) is 8.97. The van der Waals surface area contributed by atoms with Gasteiger partial charge < -0.3 is 9.26 Å². The number of methoxy groups -OCH3 is 1. The molecule has 0 amide bonds. The van der Waals surface area contributed by atoms with Gasteiger partial charge in [-0.15, -0.1) is 0 Å². The summed E-state index contributed by atoms with van der Waals surface area (Å²) in [4.78, 5) is -0.0200. The number of rotatable bonds is 6. The van der Waals surface area contributed by atoms with Crippen LogP contribution in [0.4, 0.5) is 15.9 Å². The quantitative estimate of drug-likeness (QED) is 0.292. The van der Waals surface area contributed by atoms with E-state index in [0.717, 1.165) is 9.69 Å². The molecule has 0 fully saturated rings. The van der Waals surface area contributed by atoms with E-state index < -0.39 is 15.8 Å². The number of sulfonamides is 1. The summed E-state index contributed by atoms with van der Waals surface area (Å²) in [5, 5.41) is 13.0. The molecule has 11 heteroatoms. The Balaban J connectivity index is 1.71. The molecule has 0 N–H and O–H groups in total. The second-order valence-electron chi connectivity index (χ2n) is 7.42. The zero-order valence-corrected chi connectivity index (χ0v) is 19.7. The van der Waals surface area contributed by atoms with E-state index in [4.69, 9.17) is 20.9 Å². The molecule has 0 aliphatic heterocycles. The van der Waals surface area contributed by atoms with Crippen LogP contribution in [0.25, 0.3) is 21.9 Å². The maximum atomic E-state index is 13.9. The highest BCUT2D eigenvalue weighted by molar-refractivity contribution is 7.93. The number of anilines is 2. The van der Waals surface area contributed by atoms with Gasteiger partial charge in [-0.3, -0.25) is 0 Å². The maximum Gasteiger partial charge on any atom is 0.270 e. The molecular formula is C24H16ClFN4O4S. The Labute approximate surface area is 204 Å². The molecule has 8 nitrogen and oxygen atoms in total. The van der Waals surface area contributed by atoms with Crippen LogP contribution in [0.1, 0.15) is 0 Å². The van der Waals surface area contributed by atoms with Gasteiger partial charge in [-0.05, 0) is 42.0 Å². The third kappa shape index (κ3) is 4.17. The Kier molecular flexibility index (Phi) is 5.83. The summed E-state index contributed by atoms with van der Waals surface area (Å²) in [6.45, 7) is 0. The highest BCUT2D eigenvalue weighted by Crippen LogP contribution is 2.43. The van der Waals surface area contributed by atoms with Crippen LogP contribution >= 0.6 is 11.6 Å². The fraction of sp³-hybridized carbons (Fsp3) is 0.0417. The number of benzene rings is 3. The monoisotopic (exact) mass is 510 g/mol. The first kappa shape index (κ1) is 22.8. The van der Waals surface area contributed by atoms with Gasteiger partial charge in [0, 0.05) is 22.4 Å². The van der Waals surface area contributed by atoms with Crippen LogP contribution in [0.15, 0.2) is 88.7 Å². The first-order chi connectivity index (χ1) is 16.9. The molecule has 5 rings (SSSR count). The fourth-order valence-electron chi connectivity index (χ4n) is 3.67. The molecule has 5 aromatic rings. The van der Waals surface area contributed by atoms with Crippen LogP contribution in [0.5, 0.6) is 5.75 Å². The molecule has 2 heterocycles. The summed E-state index contributed by atoms with van der Waals surface area (Å²) in [7, 11) is -2.84. The van der Waals surface area contributed by atoms with E-state index in [0.29, 0.717) is 16.5 Å². The number of fused-ring (bicyclic) bond motifs is 1. The molecule has 0 atom stereocenters. The number of hydrogen-bond donors (Lipinski definition) is 0. The molecule has 176 valence electrons. The summed E-state index contributed by atoms with van der Waals surface area (Å²) in [5.74, 6) is -0.271. The van der Waals surface area contributed by atoms with Crippen LogP contribution in [-0.4, -0.2) is 30.9 Å². The molecule has 0 saturated carbocycles. The minimum absolute atomic E-state index is 0.00850. The number of aromatic nitrogens is 3. The third-order valence-corrected chi connectivity index (χ3v) is 7.34. The average Bonchev–Trinajstić information content (AvgIpc) is 3.38. The van der Waals surface area contributed by atoms with E-state index in [1.165, 1.54) is 62.2 Å². The van der Waals surface area contributed by atoms with Gasteiger partial charge in [0.1, 0.15) is 23.5 Å². The Morgan fingerprint density at radius 3 is 2.51 bits per heavy atom. The number of halogens is 2. The summed E-state index contributed by atoms with van der Waals surface area (Å²) in [6, 6.07) is 14.8. The molecule has 0 saturated heterocycles. The van der Waals surface area contributed by atoms with Crippen molar-refractivity contribution in [3.05, 3.63) is 90.2 Å². The molecule has 0 radical (unpaired) electrons. The van der Waals surface area contributed by atoms with Gasteiger partial charge in [-0.25, -0.2) is 17.1 Å². The van der Waals surface area contributed by atoms with E-state index in [9.17, 15) is 12.8 Å². The lowest BCUT2D eigenvalue weighted by atomic mass is 10.0. The van der Waals surface area contributed by atoms with Gasteiger partial charge in [-0.2, -0.15) is 10.2 Å². The molecule has 0 aliphatic carbocycles. The predicted molar refractivity (Wildman–Crippen MR) is 129 cm³/mol. The van der Waals surface area contributed by atoms with Crippen molar-refractivity contribution in [1.82, 2.24) is 15.4 Å². The van der Waals surface area contributed by atoms with Gasteiger partial charge in [0.05, 0.1) is 29.4 Å². The van der Waals surface area contributed by atoms with Gasteiger partial charge in [0.2, 0.25) is 0 Å².